The van der Waals surface area contributed by atoms with E-state index in [0.717, 1.165) is 11.4 Å². The summed E-state index contributed by atoms with van der Waals surface area (Å²) in [5.74, 6) is 0. The van der Waals surface area contributed by atoms with Crippen molar-refractivity contribution in [3.05, 3.63) is 11.4 Å². The number of hydrogen-bond acceptors (Lipinski definition) is 4. The van der Waals surface area contributed by atoms with Crippen molar-refractivity contribution in [3.63, 3.8) is 0 Å². The van der Waals surface area contributed by atoms with Gasteiger partial charge in [-0.2, -0.15) is 4.98 Å². The number of carbonyl (C=O) groups is 1. The van der Waals surface area contributed by atoms with Gasteiger partial charge in [0.15, 0.2) is 0 Å². The molecule has 0 aromatic carbocycles. The standard InChI is InChI=1S/C12H20N2O3/c1-7-16-10-13-8(2)9(3)14(10)11(15)17-12(4,5)6/h7H2,1-6H3. The van der Waals surface area contributed by atoms with Gasteiger partial charge < -0.3 is 9.47 Å². The van der Waals surface area contributed by atoms with Crippen molar-refractivity contribution < 1.29 is 14.3 Å². The molecule has 0 saturated heterocycles. The first-order chi connectivity index (χ1) is 7.76. The lowest BCUT2D eigenvalue weighted by atomic mass is 10.2. The predicted molar refractivity (Wildman–Crippen MR) is 64.5 cm³/mol. The van der Waals surface area contributed by atoms with Crippen LogP contribution in [0, 0.1) is 13.8 Å². The van der Waals surface area contributed by atoms with Gasteiger partial charge >= 0.3 is 12.1 Å². The smallest absolute Gasteiger partial charge is 0.422 e. The molecular formula is C12H20N2O3. The van der Waals surface area contributed by atoms with E-state index in [1.54, 1.807) is 0 Å². The van der Waals surface area contributed by atoms with E-state index in [9.17, 15) is 4.79 Å². The predicted octanol–water partition coefficient (Wildman–Crippen LogP) is 2.68. The van der Waals surface area contributed by atoms with Gasteiger partial charge in [-0.05, 0) is 41.5 Å². The van der Waals surface area contributed by atoms with Crippen LogP contribution in [0.3, 0.4) is 0 Å². The van der Waals surface area contributed by atoms with E-state index < -0.39 is 11.7 Å². The first-order valence-corrected chi connectivity index (χ1v) is 5.68. The van der Waals surface area contributed by atoms with Crippen LogP contribution in [0.4, 0.5) is 4.79 Å². The Kier molecular flexibility index (Phi) is 3.80. The van der Waals surface area contributed by atoms with Gasteiger partial charge in [-0.25, -0.2) is 9.36 Å². The fourth-order valence-electron chi connectivity index (χ4n) is 1.33. The molecule has 0 bridgehead atoms. The molecule has 1 aromatic rings. The lowest BCUT2D eigenvalue weighted by Gasteiger charge is -2.20. The summed E-state index contributed by atoms with van der Waals surface area (Å²) < 4.78 is 12.0. The summed E-state index contributed by atoms with van der Waals surface area (Å²) >= 11 is 0. The molecule has 0 aliphatic carbocycles. The molecule has 0 N–H and O–H groups in total. The lowest BCUT2D eigenvalue weighted by Crippen LogP contribution is -2.28. The minimum atomic E-state index is -0.537. The summed E-state index contributed by atoms with van der Waals surface area (Å²) in [6.07, 6.45) is -0.459. The summed E-state index contributed by atoms with van der Waals surface area (Å²) in [5, 5.41) is 0. The number of nitrogens with zero attached hydrogens (tertiary/aromatic N) is 2. The number of imidazole rings is 1. The highest BCUT2D eigenvalue weighted by Gasteiger charge is 2.24. The molecule has 96 valence electrons. The first kappa shape index (κ1) is 13.5. The Morgan fingerprint density at radius 2 is 1.94 bits per heavy atom. The monoisotopic (exact) mass is 240 g/mol. The molecule has 0 radical (unpaired) electrons. The second kappa shape index (κ2) is 4.77. The molecule has 17 heavy (non-hydrogen) atoms. The lowest BCUT2D eigenvalue weighted by molar-refractivity contribution is 0.0516. The van der Waals surface area contributed by atoms with Gasteiger partial charge in [0, 0.05) is 0 Å². The molecule has 0 unspecified atom stereocenters. The number of aryl methyl sites for hydroxylation is 1. The van der Waals surface area contributed by atoms with Gasteiger partial charge in [0.2, 0.25) is 0 Å². The van der Waals surface area contributed by atoms with Crippen LogP contribution in [0.2, 0.25) is 0 Å². The summed E-state index contributed by atoms with van der Waals surface area (Å²) in [5.41, 5.74) is 0.965. The average molecular weight is 240 g/mol. The van der Waals surface area contributed by atoms with Crippen molar-refractivity contribution in [2.24, 2.45) is 0 Å². The molecule has 5 heteroatoms. The van der Waals surface area contributed by atoms with Gasteiger partial charge in [0.1, 0.15) is 5.60 Å². The third kappa shape index (κ3) is 3.22. The first-order valence-electron chi connectivity index (χ1n) is 5.68. The quantitative estimate of drug-likeness (QED) is 0.797. The number of carbonyl (C=O) groups excluding carboxylic acids is 1. The molecule has 0 saturated carbocycles. The summed E-state index contributed by atoms with van der Waals surface area (Å²) in [6, 6.07) is 0.289. The zero-order valence-electron chi connectivity index (χ0n) is 11.3. The SMILES string of the molecule is CCOc1nc(C)c(C)n1C(=O)OC(C)(C)C. The maximum Gasteiger partial charge on any atom is 0.422 e. The molecule has 0 atom stereocenters. The third-order valence-electron chi connectivity index (χ3n) is 2.16. The summed E-state index contributed by atoms with van der Waals surface area (Å²) in [7, 11) is 0. The minimum absolute atomic E-state index is 0.289. The Morgan fingerprint density at radius 3 is 2.41 bits per heavy atom. The van der Waals surface area contributed by atoms with Crippen molar-refractivity contribution in [3.8, 4) is 6.01 Å². The number of ether oxygens (including phenoxy) is 2. The minimum Gasteiger partial charge on any atom is -0.465 e. The van der Waals surface area contributed by atoms with Gasteiger partial charge in [0.25, 0.3) is 0 Å². The van der Waals surface area contributed by atoms with Crippen molar-refractivity contribution in [1.29, 1.82) is 0 Å². The van der Waals surface area contributed by atoms with E-state index in [1.165, 1.54) is 4.57 Å². The molecule has 0 amide bonds. The molecule has 1 heterocycles. The van der Waals surface area contributed by atoms with Crippen LogP contribution < -0.4 is 4.74 Å². The molecule has 5 nitrogen and oxygen atoms in total. The third-order valence-corrected chi connectivity index (χ3v) is 2.16. The maximum absolute atomic E-state index is 12.0. The second-order valence-electron chi connectivity index (χ2n) is 4.81. The van der Waals surface area contributed by atoms with Crippen LogP contribution in [0.15, 0.2) is 0 Å². The Hall–Kier alpha value is -1.52. The summed E-state index contributed by atoms with van der Waals surface area (Å²) in [6.45, 7) is 11.4. The average Bonchev–Trinajstić information content (AvgIpc) is 2.40. The largest absolute Gasteiger partial charge is 0.465 e. The normalized spacial score (nSPS) is 11.4. The van der Waals surface area contributed by atoms with Gasteiger partial charge in [-0.3, -0.25) is 0 Å². The van der Waals surface area contributed by atoms with Crippen molar-refractivity contribution in [2.75, 3.05) is 6.61 Å². The topological polar surface area (TPSA) is 53.4 Å². The molecule has 1 aromatic heterocycles. The zero-order chi connectivity index (χ0) is 13.2. The van der Waals surface area contributed by atoms with E-state index in [-0.39, 0.29) is 6.01 Å². The molecule has 0 aliphatic heterocycles. The number of aromatic nitrogens is 2. The van der Waals surface area contributed by atoms with Gasteiger partial charge in [-0.1, -0.05) is 0 Å². The van der Waals surface area contributed by atoms with Crippen molar-refractivity contribution in [2.45, 2.75) is 47.1 Å². The Bertz CT molecular complexity index is 416. The highest BCUT2D eigenvalue weighted by molar-refractivity contribution is 5.73. The Morgan fingerprint density at radius 1 is 1.35 bits per heavy atom. The van der Waals surface area contributed by atoms with E-state index in [1.807, 2.05) is 41.5 Å². The Labute approximate surface area is 102 Å². The second-order valence-corrected chi connectivity index (χ2v) is 4.81. The summed E-state index contributed by atoms with van der Waals surface area (Å²) in [4.78, 5) is 16.2. The van der Waals surface area contributed by atoms with Gasteiger partial charge in [-0.15, -0.1) is 0 Å². The van der Waals surface area contributed by atoms with E-state index in [0.29, 0.717) is 6.61 Å². The van der Waals surface area contributed by atoms with Crippen LogP contribution >= 0.6 is 0 Å². The zero-order valence-corrected chi connectivity index (χ0v) is 11.3. The van der Waals surface area contributed by atoms with E-state index >= 15 is 0 Å². The molecule has 0 fully saturated rings. The molecule has 1 rings (SSSR count). The van der Waals surface area contributed by atoms with Crippen molar-refractivity contribution >= 4 is 6.09 Å². The van der Waals surface area contributed by atoms with E-state index in [2.05, 4.69) is 4.98 Å². The molecule has 0 spiro atoms. The number of hydrogen-bond donors (Lipinski definition) is 0. The van der Waals surface area contributed by atoms with Crippen molar-refractivity contribution in [1.82, 2.24) is 9.55 Å². The van der Waals surface area contributed by atoms with Crippen LogP contribution in [0.1, 0.15) is 39.1 Å². The molecular weight excluding hydrogens is 220 g/mol. The van der Waals surface area contributed by atoms with Crippen LogP contribution in [0.5, 0.6) is 6.01 Å². The highest BCUT2D eigenvalue weighted by atomic mass is 16.6. The van der Waals surface area contributed by atoms with Crippen LogP contribution in [-0.2, 0) is 4.74 Å². The van der Waals surface area contributed by atoms with Gasteiger partial charge in [0.05, 0.1) is 18.0 Å². The Balaban J connectivity index is 3.07. The number of rotatable bonds is 2. The fraction of sp³-hybridized carbons (Fsp3) is 0.667. The fourth-order valence-corrected chi connectivity index (χ4v) is 1.33. The molecule has 0 aliphatic rings. The van der Waals surface area contributed by atoms with Crippen LogP contribution in [-0.4, -0.2) is 27.9 Å². The van der Waals surface area contributed by atoms with Crippen LogP contribution in [0.25, 0.3) is 0 Å². The highest BCUT2D eigenvalue weighted by Crippen LogP contribution is 2.19. The van der Waals surface area contributed by atoms with E-state index in [4.69, 9.17) is 9.47 Å². The maximum atomic E-state index is 12.0.